The van der Waals surface area contributed by atoms with Crippen LogP contribution in [0.5, 0.6) is 0 Å². The zero-order chi connectivity index (χ0) is 9.83. The molecular formula is C10H23NS. The van der Waals surface area contributed by atoms with Crippen LogP contribution in [0.1, 0.15) is 41.5 Å². The van der Waals surface area contributed by atoms with E-state index in [1.54, 1.807) is 0 Å². The Morgan fingerprint density at radius 1 is 1.00 bits per heavy atom. The summed E-state index contributed by atoms with van der Waals surface area (Å²) in [4.78, 5) is 0. The quantitative estimate of drug-likeness (QED) is 0.685. The zero-order valence-electron chi connectivity index (χ0n) is 9.32. The average Bonchev–Trinajstić information content (AvgIpc) is 1.76. The standard InChI is InChI=1S/C10H23NS/c1-9(2,3)11-7-8-12-10(4,5)6/h11H,7-8H2,1-6H3. The van der Waals surface area contributed by atoms with Crippen molar-refractivity contribution >= 4 is 11.8 Å². The Morgan fingerprint density at radius 2 is 1.50 bits per heavy atom. The SMILES string of the molecule is CC(C)(C)NCCSC(C)(C)C. The monoisotopic (exact) mass is 189 g/mol. The van der Waals surface area contributed by atoms with Gasteiger partial charge in [0.2, 0.25) is 0 Å². The van der Waals surface area contributed by atoms with E-state index < -0.39 is 0 Å². The van der Waals surface area contributed by atoms with Crippen LogP contribution in [0.2, 0.25) is 0 Å². The summed E-state index contributed by atoms with van der Waals surface area (Å²) in [5.74, 6) is 1.20. The molecule has 12 heavy (non-hydrogen) atoms. The Hall–Kier alpha value is 0.310. The molecule has 0 spiro atoms. The van der Waals surface area contributed by atoms with Gasteiger partial charge in [-0.15, -0.1) is 0 Å². The normalized spacial score (nSPS) is 13.5. The number of hydrogen-bond donors (Lipinski definition) is 1. The Labute approximate surface area is 81.7 Å². The van der Waals surface area contributed by atoms with Crippen LogP contribution in [0.25, 0.3) is 0 Å². The van der Waals surface area contributed by atoms with Crippen molar-refractivity contribution < 1.29 is 0 Å². The van der Waals surface area contributed by atoms with Gasteiger partial charge in [0.1, 0.15) is 0 Å². The molecule has 0 aromatic carbocycles. The van der Waals surface area contributed by atoms with Gasteiger partial charge in [0.05, 0.1) is 0 Å². The fourth-order valence-corrected chi connectivity index (χ4v) is 1.60. The van der Waals surface area contributed by atoms with Gasteiger partial charge in [0.15, 0.2) is 0 Å². The van der Waals surface area contributed by atoms with Crippen LogP contribution in [-0.2, 0) is 0 Å². The maximum atomic E-state index is 3.47. The molecule has 2 heteroatoms. The van der Waals surface area contributed by atoms with Crippen molar-refractivity contribution in [2.45, 2.75) is 51.8 Å². The summed E-state index contributed by atoms with van der Waals surface area (Å²) in [6.45, 7) is 14.5. The smallest absolute Gasteiger partial charge is 0.00968 e. The molecule has 0 atom stereocenters. The van der Waals surface area contributed by atoms with E-state index in [2.05, 4.69) is 46.9 Å². The van der Waals surface area contributed by atoms with E-state index in [-0.39, 0.29) is 5.54 Å². The molecular weight excluding hydrogens is 166 g/mol. The molecule has 0 rings (SSSR count). The summed E-state index contributed by atoms with van der Waals surface area (Å²) in [6, 6.07) is 0. The Bertz CT molecular complexity index is 103. The second kappa shape index (κ2) is 4.52. The van der Waals surface area contributed by atoms with Crippen molar-refractivity contribution in [1.29, 1.82) is 0 Å². The first-order chi connectivity index (χ1) is 5.21. The molecule has 0 unspecified atom stereocenters. The highest BCUT2D eigenvalue weighted by molar-refractivity contribution is 8.00. The molecule has 0 aliphatic rings. The third-order valence-electron chi connectivity index (χ3n) is 1.29. The van der Waals surface area contributed by atoms with Crippen LogP contribution < -0.4 is 5.32 Å². The molecule has 0 amide bonds. The van der Waals surface area contributed by atoms with Crippen molar-refractivity contribution in [3.63, 3.8) is 0 Å². The van der Waals surface area contributed by atoms with Gasteiger partial charge < -0.3 is 5.32 Å². The van der Waals surface area contributed by atoms with Gasteiger partial charge in [0, 0.05) is 22.6 Å². The molecule has 0 aliphatic carbocycles. The number of thioether (sulfide) groups is 1. The van der Waals surface area contributed by atoms with Crippen molar-refractivity contribution in [2.75, 3.05) is 12.3 Å². The lowest BCUT2D eigenvalue weighted by atomic mass is 10.1. The van der Waals surface area contributed by atoms with Crippen LogP contribution in [0, 0.1) is 0 Å². The minimum absolute atomic E-state index is 0.262. The third-order valence-corrected chi connectivity index (χ3v) is 2.57. The summed E-state index contributed by atoms with van der Waals surface area (Å²) in [6.07, 6.45) is 0. The first-order valence-corrected chi connectivity index (χ1v) is 5.58. The van der Waals surface area contributed by atoms with Gasteiger partial charge in [-0.05, 0) is 20.8 Å². The highest BCUT2D eigenvalue weighted by Crippen LogP contribution is 2.22. The molecule has 1 nitrogen and oxygen atoms in total. The maximum Gasteiger partial charge on any atom is 0.00968 e. The lowest BCUT2D eigenvalue weighted by Crippen LogP contribution is -2.37. The topological polar surface area (TPSA) is 12.0 Å². The minimum Gasteiger partial charge on any atom is -0.311 e. The van der Waals surface area contributed by atoms with Crippen LogP contribution in [0.3, 0.4) is 0 Å². The van der Waals surface area contributed by atoms with Gasteiger partial charge in [-0.2, -0.15) is 11.8 Å². The summed E-state index contributed by atoms with van der Waals surface area (Å²) in [5.41, 5.74) is 0.262. The van der Waals surface area contributed by atoms with E-state index in [9.17, 15) is 0 Å². The lowest BCUT2D eigenvalue weighted by Gasteiger charge is -2.22. The maximum absolute atomic E-state index is 3.47. The fraction of sp³-hybridized carbons (Fsp3) is 1.00. The third kappa shape index (κ3) is 10.3. The summed E-state index contributed by atoms with van der Waals surface area (Å²) in [7, 11) is 0. The van der Waals surface area contributed by atoms with Gasteiger partial charge >= 0.3 is 0 Å². The molecule has 0 aromatic rings. The van der Waals surface area contributed by atoms with Gasteiger partial charge in [-0.1, -0.05) is 20.8 Å². The zero-order valence-corrected chi connectivity index (χ0v) is 10.1. The molecule has 1 N–H and O–H groups in total. The highest BCUT2D eigenvalue weighted by atomic mass is 32.2. The number of nitrogens with one attached hydrogen (secondary N) is 1. The largest absolute Gasteiger partial charge is 0.311 e. The van der Waals surface area contributed by atoms with Gasteiger partial charge in [0.25, 0.3) is 0 Å². The highest BCUT2D eigenvalue weighted by Gasteiger charge is 2.11. The average molecular weight is 189 g/mol. The van der Waals surface area contributed by atoms with Crippen LogP contribution in [-0.4, -0.2) is 22.6 Å². The van der Waals surface area contributed by atoms with E-state index >= 15 is 0 Å². The fourth-order valence-electron chi connectivity index (χ4n) is 0.783. The second-order valence-corrected chi connectivity index (χ2v) is 7.06. The van der Waals surface area contributed by atoms with Gasteiger partial charge in [-0.25, -0.2) is 0 Å². The summed E-state index contributed by atoms with van der Waals surface area (Å²) < 4.78 is 0.402. The number of hydrogen-bond acceptors (Lipinski definition) is 2. The minimum atomic E-state index is 0.262. The Kier molecular flexibility index (Phi) is 4.64. The molecule has 0 saturated carbocycles. The first-order valence-electron chi connectivity index (χ1n) is 4.60. The van der Waals surface area contributed by atoms with Gasteiger partial charge in [-0.3, -0.25) is 0 Å². The van der Waals surface area contributed by atoms with Crippen molar-refractivity contribution in [3.8, 4) is 0 Å². The van der Waals surface area contributed by atoms with Crippen molar-refractivity contribution in [1.82, 2.24) is 5.32 Å². The molecule has 0 aromatic heterocycles. The van der Waals surface area contributed by atoms with E-state index in [1.165, 1.54) is 5.75 Å². The van der Waals surface area contributed by atoms with Crippen LogP contribution >= 0.6 is 11.8 Å². The van der Waals surface area contributed by atoms with Crippen molar-refractivity contribution in [3.05, 3.63) is 0 Å². The molecule has 74 valence electrons. The molecule has 0 heterocycles. The molecule has 0 bridgehead atoms. The van der Waals surface area contributed by atoms with Crippen LogP contribution in [0.15, 0.2) is 0 Å². The lowest BCUT2D eigenvalue weighted by molar-refractivity contribution is 0.441. The van der Waals surface area contributed by atoms with E-state index in [0.29, 0.717) is 4.75 Å². The predicted octanol–water partition coefficient (Wildman–Crippen LogP) is 2.91. The van der Waals surface area contributed by atoms with Crippen molar-refractivity contribution in [2.24, 2.45) is 0 Å². The Balaban J connectivity index is 3.35. The predicted molar refractivity (Wildman–Crippen MR) is 60.0 cm³/mol. The first kappa shape index (κ1) is 12.3. The van der Waals surface area contributed by atoms with E-state index in [4.69, 9.17) is 0 Å². The summed E-state index contributed by atoms with van der Waals surface area (Å²) >= 11 is 2.01. The number of rotatable bonds is 3. The van der Waals surface area contributed by atoms with Crippen LogP contribution in [0.4, 0.5) is 0 Å². The molecule has 0 saturated heterocycles. The summed E-state index contributed by atoms with van der Waals surface area (Å²) in [5, 5.41) is 3.47. The van der Waals surface area contributed by atoms with E-state index in [1.807, 2.05) is 11.8 Å². The second-order valence-electron chi connectivity index (χ2n) is 5.14. The molecule has 0 aliphatic heterocycles. The molecule has 0 fully saturated rings. The molecule has 0 radical (unpaired) electrons. The Morgan fingerprint density at radius 3 is 1.83 bits per heavy atom. The van der Waals surface area contributed by atoms with E-state index in [0.717, 1.165) is 6.54 Å².